The molecular formula is C22H30N2O5. The van der Waals surface area contributed by atoms with Gasteiger partial charge in [-0.2, -0.15) is 0 Å². The van der Waals surface area contributed by atoms with E-state index in [4.69, 9.17) is 13.9 Å². The highest BCUT2D eigenvalue weighted by molar-refractivity contribution is 5.83. The summed E-state index contributed by atoms with van der Waals surface area (Å²) in [4.78, 5) is 17.0. The summed E-state index contributed by atoms with van der Waals surface area (Å²) in [5.74, 6) is 1.36. The second-order valence-corrected chi connectivity index (χ2v) is 7.68. The van der Waals surface area contributed by atoms with Gasteiger partial charge >= 0.3 is 0 Å². The fourth-order valence-electron chi connectivity index (χ4n) is 4.32. The van der Waals surface area contributed by atoms with Crippen molar-refractivity contribution in [2.24, 2.45) is 0 Å². The van der Waals surface area contributed by atoms with Gasteiger partial charge in [0.1, 0.15) is 17.9 Å². The summed E-state index contributed by atoms with van der Waals surface area (Å²) in [6, 6.07) is 5.50. The summed E-state index contributed by atoms with van der Waals surface area (Å²) in [6.45, 7) is 7.28. The minimum absolute atomic E-state index is 0.0307. The van der Waals surface area contributed by atoms with E-state index in [1.165, 1.54) is 0 Å². The van der Waals surface area contributed by atoms with E-state index in [0.29, 0.717) is 56.2 Å². The third-order valence-electron chi connectivity index (χ3n) is 5.97. The molecule has 1 atom stereocenters. The standard InChI is InChI=1S/C22H30N2O5/c1-2-17-20(28-13-10-23-7-3-4-16(23)15-25)6-5-18-19(26)14-21(29-22(17)18)24-8-11-27-12-9-24/h5-6,14,16,25H,2-4,7-13,15H2,1H3/t16-/m1/s1. The van der Waals surface area contributed by atoms with Gasteiger partial charge in [-0.05, 0) is 37.9 Å². The zero-order valence-electron chi connectivity index (χ0n) is 17.1. The molecule has 2 saturated heterocycles. The molecule has 0 amide bonds. The molecular weight excluding hydrogens is 372 g/mol. The molecule has 2 aliphatic heterocycles. The molecule has 7 nitrogen and oxygen atoms in total. The van der Waals surface area contributed by atoms with Gasteiger partial charge in [0.2, 0.25) is 0 Å². The van der Waals surface area contributed by atoms with Crippen LogP contribution < -0.4 is 15.1 Å². The maximum absolute atomic E-state index is 12.7. The molecule has 1 N–H and O–H groups in total. The van der Waals surface area contributed by atoms with Crippen molar-refractivity contribution in [1.82, 2.24) is 4.90 Å². The summed E-state index contributed by atoms with van der Waals surface area (Å²) in [5.41, 5.74) is 1.51. The molecule has 0 spiro atoms. The number of aliphatic hydroxyl groups is 1. The average Bonchev–Trinajstić information content (AvgIpc) is 3.21. The number of ether oxygens (including phenoxy) is 2. The van der Waals surface area contributed by atoms with Crippen LogP contribution in [0, 0.1) is 0 Å². The number of likely N-dealkylation sites (tertiary alicyclic amines) is 1. The average molecular weight is 402 g/mol. The van der Waals surface area contributed by atoms with Crippen LogP contribution >= 0.6 is 0 Å². The van der Waals surface area contributed by atoms with Crippen molar-refractivity contribution in [2.75, 3.05) is 57.5 Å². The molecule has 1 aromatic heterocycles. The van der Waals surface area contributed by atoms with Gasteiger partial charge < -0.3 is 23.9 Å². The first-order chi connectivity index (χ1) is 14.2. The molecule has 2 aromatic rings. The van der Waals surface area contributed by atoms with Crippen LogP contribution in [-0.4, -0.2) is 68.7 Å². The Balaban J connectivity index is 1.56. The Morgan fingerprint density at radius 3 is 2.83 bits per heavy atom. The number of hydrogen-bond donors (Lipinski definition) is 1. The highest BCUT2D eigenvalue weighted by atomic mass is 16.5. The summed E-state index contributed by atoms with van der Waals surface area (Å²) >= 11 is 0. The number of nitrogens with zero attached hydrogens (tertiary/aromatic N) is 2. The van der Waals surface area contributed by atoms with E-state index in [-0.39, 0.29) is 18.1 Å². The van der Waals surface area contributed by atoms with Crippen LogP contribution in [0.1, 0.15) is 25.3 Å². The first-order valence-electron chi connectivity index (χ1n) is 10.6. The zero-order chi connectivity index (χ0) is 20.2. The van der Waals surface area contributed by atoms with Gasteiger partial charge in [0.15, 0.2) is 11.3 Å². The van der Waals surface area contributed by atoms with E-state index >= 15 is 0 Å². The van der Waals surface area contributed by atoms with E-state index in [9.17, 15) is 9.90 Å². The largest absolute Gasteiger partial charge is 0.492 e. The first-order valence-corrected chi connectivity index (χ1v) is 10.6. The van der Waals surface area contributed by atoms with Gasteiger partial charge in [-0.25, -0.2) is 0 Å². The van der Waals surface area contributed by atoms with E-state index < -0.39 is 0 Å². The minimum Gasteiger partial charge on any atom is -0.492 e. The van der Waals surface area contributed by atoms with Gasteiger partial charge in [-0.1, -0.05) is 6.92 Å². The molecule has 0 radical (unpaired) electrons. The lowest BCUT2D eigenvalue weighted by molar-refractivity contribution is 0.121. The number of fused-ring (bicyclic) bond motifs is 1. The third kappa shape index (κ3) is 4.27. The number of anilines is 1. The Hall–Kier alpha value is -2.09. The van der Waals surface area contributed by atoms with Gasteiger partial charge in [0.05, 0.1) is 25.2 Å². The van der Waals surface area contributed by atoms with Gasteiger partial charge in [0, 0.05) is 37.3 Å². The Morgan fingerprint density at radius 2 is 2.07 bits per heavy atom. The number of hydrogen-bond acceptors (Lipinski definition) is 7. The van der Waals surface area contributed by atoms with E-state index in [1.807, 2.05) is 13.0 Å². The molecule has 158 valence electrons. The second kappa shape index (κ2) is 9.15. The Morgan fingerprint density at radius 1 is 1.24 bits per heavy atom. The lowest BCUT2D eigenvalue weighted by Gasteiger charge is -2.27. The molecule has 0 bridgehead atoms. The number of morpholine rings is 1. The Bertz CT molecular complexity index is 891. The highest BCUT2D eigenvalue weighted by Crippen LogP contribution is 2.30. The highest BCUT2D eigenvalue weighted by Gasteiger charge is 2.23. The van der Waals surface area contributed by atoms with Gasteiger partial charge in [-0.3, -0.25) is 9.69 Å². The topological polar surface area (TPSA) is 75.4 Å². The van der Waals surface area contributed by atoms with Crippen molar-refractivity contribution in [3.8, 4) is 5.75 Å². The van der Waals surface area contributed by atoms with Crippen molar-refractivity contribution < 1.29 is 19.0 Å². The van der Waals surface area contributed by atoms with Crippen molar-refractivity contribution in [3.63, 3.8) is 0 Å². The van der Waals surface area contributed by atoms with E-state index in [2.05, 4.69) is 9.80 Å². The zero-order valence-corrected chi connectivity index (χ0v) is 17.1. The van der Waals surface area contributed by atoms with Crippen LogP contribution in [0.5, 0.6) is 5.75 Å². The van der Waals surface area contributed by atoms with Crippen LogP contribution in [-0.2, 0) is 11.2 Å². The van der Waals surface area contributed by atoms with Crippen molar-refractivity contribution in [3.05, 3.63) is 34.0 Å². The molecule has 1 aromatic carbocycles. The Labute approximate surface area is 170 Å². The second-order valence-electron chi connectivity index (χ2n) is 7.68. The van der Waals surface area contributed by atoms with Crippen LogP contribution in [0.3, 0.4) is 0 Å². The number of aliphatic hydroxyl groups excluding tert-OH is 1. The predicted molar refractivity (Wildman–Crippen MR) is 112 cm³/mol. The third-order valence-corrected chi connectivity index (χ3v) is 5.97. The van der Waals surface area contributed by atoms with Gasteiger partial charge in [0.25, 0.3) is 0 Å². The van der Waals surface area contributed by atoms with E-state index in [1.54, 1.807) is 12.1 Å². The van der Waals surface area contributed by atoms with Crippen molar-refractivity contribution >= 4 is 16.9 Å². The van der Waals surface area contributed by atoms with Crippen LogP contribution in [0.15, 0.2) is 27.4 Å². The van der Waals surface area contributed by atoms with Crippen molar-refractivity contribution in [1.29, 1.82) is 0 Å². The molecule has 7 heteroatoms. The summed E-state index contributed by atoms with van der Waals surface area (Å²) in [5, 5.41) is 10.1. The number of rotatable bonds is 7. The molecule has 2 fully saturated rings. The minimum atomic E-state index is -0.0307. The maximum Gasteiger partial charge on any atom is 0.200 e. The van der Waals surface area contributed by atoms with E-state index in [0.717, 1.165) is 37.2 Å². The quantitative estimate of drug-likeness (QED) is 0.759. The van der Waals surface area contributed by atoms with Crippen LogP contribution in [0.2, 0.25) is 0 Å². The smallest absolute Gasteiger partial charge is 0.200 e. The normalized spacial score (nSPS) is 20.5. The first kappa shape index (κ1) is 20.2. The maximum atomic E-state index is 12.7. The molecule has 2 aliphatic rings. The fraction of sp³-hybridized carbons (Fsp3) is 0.591. The molecule has 0 saturated carbocycles. The lowest BCUT2D eigenvalue weighted by atomic mass is 10.1. The van der Waals surface area contributed by atoms with Gasteiger partial charge in [-0.15, -0.1) is 0 Å². The Kier molecular flexibility index (Phi) is 6.37. The summed E-state index contributed by atoms with van der Waals surface area (Å²) in [7, 11) is 0. The fourth-order valence-corrected chi connectivity index (χ4v) is 4.32. The van der Waals surface area contributed by atoms with Crippen LogP contribution in [0.25, 0.3) is 11.0 Å². The number of aryl methyl sites for hydroxylation is 1. The molecule has 0 aliphatic carbocycles. The van der Waals surface area contributed by atoms with Crippen molar-refractivity contribution in [2.45, 2.75) is 32.2 Å². The van der Waals surface area contributed by atoms with Crippen LogP contribution in [0.4, 0.5) is 5.88 Å². The monoisotopic (exact) mass is 402 g/mol. The number of benzene rings is 1. The molecule has 3 heterocycles. The molecule has 0 unspecified atom stereocenters. The molecule has 4 rings (SSSR count). The lowest BCUT2D eigenvalue weighted by Crippen LogP contribution is -2.36. The summed E-state index contributed by atoms with van der Waals surface area (Å²) < 4.78 is 17.7. The predicted octanol–water partition coefficient (Wildman–Crippen LogP) is 2.03. The SMILES string of the molecule is CCc1c(OCCN2CCC[C@@H]2CO)ccc2c(=O)cc(N3CCOCC3)oc12. The summed E-state index contributed by atoms with van der Waals surface area (Å²) in [6.07, 6.45) is 2.88. The molecule has 29 heavy (non-hydrogen) atoms.